The fourth-order valence-corrected chi connectivity index (χ4v) is 8.58. The van der Waals surface area contributed by atoms with Crippen LogP contribution in [-0.2, 0) is 12.3 Å². The van der Waals surface area contributed by atoms with Crippen molar-refractivity contribution in [2.24, 2.45) is 0 Å². The molecule has 3 heteroatoms. The zero-order valence-corrected chi connectivity index (χ0v) is 18.2. The van der Waals surface area contributed by atoms with Crippen molar-refractivity contribution >= 4 is 21.5 Å². The van der Waals surface area contributed by atoms with Gasteiger partial charge in [-0.25, -0.2) is 0 Å². The van der Waals surface area contributed by atoms with Gasteiger partial charge >= 0.3 is 0 Å². The van der Waals surface area contributed by atoms with Crippen molar-refractivity contribution in [3.8, 4) is 0 Å². The van der Waals surface area contributed by atoms with Gasteiger partial charge in [0.15, 0.2) is 0 Å². The topological polar surface area (TPSA) is 26.0 Å². The van der Waals surface area contributed by atoms with Crippen molar-refractivity contribution in [2.45, 2.75) is 90.3 Å². The summed E-state index contributed by atoms with van der Waals surface area (Å²) in [5.41, 5.74) is 13.5. The van der Waals surface area contributed by atoms with E-state index in [1.807, 2.05) is 0 Å². The molecule has 0 unspecified atom stereocenters. The molecule has 0 heterocycles. The fraction of sp³-hybridized carbons (Fsp3) is 0.700. The Morgan fingerprint density at radius 2 is 1.17 bits per heavy atom. The van der Waals surface area contributed by atoms with E-state index < -0.39 is 0 Å². The summed E-state index contributed by atoms with van der Waals surface area (Å²) in [5, 5.41) is 0. The van der Waals surface area contributed by atoms with Gasteiger partial charge < -0.3 is 5.73 Å². The highest BCUT2D eigenvalue weighted by molar-refractivity contribution is 7.58. The molecule has 1 aromatic rings. The lowest BCUT2D eigenvalue weighted by atomic mass is 10.1. The van der Waals surface area contributed by atoms with Gasteiger partial charge in [0.1, 0.15) is 0 Å². The van der Waals surface area contributed by atoms with Gasteiger partial charge in [-0.1, -0.05) is 83.4 Å². The lowest BCUT2D eigenvalue weighted by Crippen LogP contribution is -2.10. The summed E-state index contributed by atoms with van der Waals surface area (Å²) in [6.45, 7) is 19.0. The fourth-order valence-electron chi connectivity index (χ4n) is 3.30. The van der Waals surface area contributed by atoms with Gasteiger partial charge in [-0.3, -0.25) is 0 Å². The van der Waals surface area contributed by atoms with Crippen molar-refractivity contribution in [3.63, 3.8) is 0 Å². The number of anilines is 1. The first-order chi connectivity index (χ1) is 10.6. The molecule has 0 aliphatic rings. The van der Waals surface area contributed by atoms with Crippen molar-refractivity contribution in [1.29, 1.82) is 0 Å². The molecule has 132 valence electrons. The van der Waals surface area contributed by atoms with Crippen LogP contribution in [0.25, 0.3) is 0 Å². The number of rotatable bonds is 8. The third-order valence-corrected chi connectivity index (χ3v) is 11.3. The summed E-state index contributed by atoms with van der Waals surface area (Å²) in [7, 11) is -0.00333. The molecule has 1 aromatic carbocycles. The maximum atomic E-state index is 6.42. The predicted molar refractivity (Wildman–Crippen MR) is 113 cm³/mol. The second-order valence-electron chi connectivity index (χ2n) is 7.70. The highest BCUT2D eigenvalue weighted by Gasteiger charge is 2.23. The Bertz CT molecular complexity index is 465. The van der Waals surface area contributed by atoms with Crippen molar-refractivity contribution < 1.29 is 0 Å². The minimum absolute atomic E-state index is 0.0125. The average molecular weight is 353 g/mol. The van der Waals surface area contributed by atoms with Crippen molar-refractivity contribution in [2.75, 3.05) is 5.73 Å². The molecular formula is C20H37NP2. The van der Waals surface area contributed by atoms with Crippen LogP contribution in [0.15, 0.2) is 18.2 Å². The van der Waals surface area contributed by atoms with Crippen LogP contribution in [0.4, 0.5) is 5.69 Å². The van der Waals surface area contributed by atoms with Gasteiger partial charge in [0.2, 0.25) is 0 Å². The summed E-state index contributed by atoms with van der Waals surface area (Å²) in [6, 6.07) is 6.58. The van der Waals surface area contributed by atoms with Crippen LogP contribution in [0.2, 0.25) is 0 Å². The maximum Gasteiger partial charge on any atom is 0.0353 e. The summed E-state index contributed by atoms with van der Waals surface area (Å²) in [6.07, 6.45) is 2.41. The van der Waals surface area contributed by atoms with Gasteiger partial charge in [0.05, 0.1) is 0 Å². The number of nitrogen functional groups attached to an aromatic ring is 1. The molecular weight excluding hydrogens is 316 g/mol. The Morgan fingerprint density at radius 3 is 1.61 bits per heavy atom. The highest BCUT2D eigenvalue weighted by Crippen LogP contribution is 2.53. The largest absolute Gasteiger partial charge is 0.398 e. The van der Waals surface area contributed by atoms with Crippen LogP contribution in [0.3, 0.4) is 0 Å². The van der Waals surface area contributed by atoms with E-state index in [1.165, 1.54) is 23.5 Å². The molecule has 0 aliphatic heterocycles. The predicted octanol–water partition coefficient (Wildman–Crippen LogP) is 6.87. The van der Waals surface area contributed by atoms with Crippen LogP contribution < -0.4 is 5.73 Å². The molecule has 1 rings (SSSR count). The molecule has 0 atom stereocenters. The zero-order chi connectivity index (χ0) is 17.7. The van der Waals surface area contributed by atoms with E-state index in [2.05, 4.69) is 73.6 Å². The molecule has 1 nitrogen and oxygen atoms in total. The monoisotopic (exact) mass is 353 g/mol. The van der Waals surface area contributed by atoms with Gasteiger partial charge in [-0.2, -0.15) is 0 Å². The molecule has 0 bridgehead atoms. The van der Waals surface area contributed by atoms with Crippen LogP contribution in [0.5, 0.6) is 0 Å². The minimum Gasteiger partial charge on any atom is -0.398 e. The molecule has 0 radical (unpaired) electrons. The second-order valence-corrected chi connectivity index (χ2v) is 14.5. The van der Waals surface area contributed by atoms with E-state index in [9.17, 15) is 0 Å². The van der Waals surface area contributed by atoms with E-state index in [-0.39, 0.29) is 15.8 Å². The summed E-state index contributed by atoms with van der Waals surface area (Å²) < 4.78 is 0. The molecule has 0 fully saturated rings. The van der Waals surface area contributed by atoms with E-state index in [0.717, 1.165) is 28.3 Å². The SMILES string of the molecule is CC(C)P(Cc1cccc(N)c1CP(C(C)C)C(C)C)C(C)C. The summed E-state index contributed by atoms with van der Waals surface area (Å²) in [5.74, 6) is 0. The molecule has 0 aromatic heterocycles. The Kier molecular flexibility index (Phi) is 8.54. The summed E-state index contributed by atoms with van der Waals surface area (Å²) >= 11 is 0. The van der Waals surface area contributed by atoms with Gasteiger partial charge in [-0.05, 0) is 52.2 Å². The first kappa shape index (κ1) is 20.9. The van der Waals surface area contributed by atoms with E-state index in [4.69, 9.17) is 5.73 Å². The first-order valence-electron chi connectivity index (χ1n) is 9.02. The van der Waals surface area contributed by atoms with Crippen molar-refractivity contribution in [3.05, 3.63) is 29.3 Å². The minimum atomic E-state index is -0.0158. The standard InChI is InChI=1S/C20H37NP2/c1-14(2)22(15(3)4)12-18-10-9-11-20(21)19(18)13-23(16(5)6)17(7)8/h9-11,14-17H,12-13,21H2,1-8H3. The molecule has 0 saturated heterocycles. The molecule has 2 N–H and O–H groups in total. The molecule has 0 saturated carbocycles. The lowest BCUT2D eigenvalue weighted by molar-refractivity contribution is 0.985. The number of hydrogen-bond acceptors (Lipinski definition) is 1. The number of hydrogen-bond donors (Lipinski definition) is 1. The van der Waals surface area contributed by atoms with Crippen LogP contribution in [0.1, 0.15) is 66.5 Å². The quantitative estimate of drug-likeness (QED) is 0.401. The highest BCUT2D eigenvalue weighted by atomic mass is 31.1. The third kappa shape index (κ3) is 6.03. The normalized spacial score (nSPS) is 12.6. The third-order valence-electron chi connectivity index (χ3n) is 4.66. The van der Waals surface area contributed by atoms with Crippen LogP contribution in [0, 0.1) is 0 Å². The van der Waals surface area contributed by atoms with E-state index in [0.29, 0.717) is 0 Å². The van der Waals surface area contributed by atoms with Crippen LogP contribution >= 0.6 is 15.8 Å². The Labute approximate surface area is 147 Å². The average Bonchev–Trinajstić information content (AvgIpc) is 2.42. The number of benzene rings is 1. The van der Waals surface area contributed by atoms with Gasteiger partial charge in [-0.15, -0.1) is 0 Å². The Morgan fingerprint density at radius 1 is 0.739 bits per heavy atom. The molecule has 0 amide bonds. The summed E-state index contributed by atoms with van der Waals surface area (Å²) in [4.78, 5) is 0. The maximum absolute atomic E-state index is 6.42. The van der Waals surface area contributed by atoms with Gasteiger partial charge in [0.25, 0.3) is 0 Å². The second kappa shape index (κ2) is 9.39. The van der Waals surface area contributed by atoms with Crippen molar-refractivity contribution in [1.82, 2.24) is 0 Å². The zero-order valence-electron chi connectivity index (χ0n) is 16.4. The number of nitrogens with two attached hydrogens (primary N) is 1. The molecule has 0 aliphatic carbocycles. The molecule has 23 heavy (non-hydrogen) atoms. The van der Waals surface area contributed by atoms with E-state index in [1.54, 1.807) is 0 Å². The van der Waals surface area contributed by atoms with Crippen LogP contribution in [-0.4, -0.2) is 22.6 Å². The van der Waals surface area contributed by atoms with Gasteiger partial charge in [0, 0.05) is 5.69 Å². The first-order valence-corrected chi connectivity index (χ1v) is 12.4. The Hall–Kier alpha value is -0.120. The van der Waals surface area contributed by atoms with E-state index >= 15 is 0 Å². The lowest BCUT2D eigenvalue weighted by Gasteiger charge is -2.30. The Balaban J connectivity index is 3.13. The smallest absolute Gasteiger partial charge is 0.0353 e. The molecule has 0 spiro atoms.